The van der Waals surface area contributed by atoms with E-state index >= 15 is 0 Å². The molecule has 0 radical (unpaired) electrons. The summed E-state index contributed by atoms with van der Waals surface area (Å²) in [4.78, 5) is 43.4. The second-order valence-electron chi connectivity index (χ2n) is 11.5. The normalized spacial score (nSPS) is 17.6. The van der Waals surface area contributed by atoms with E-state index in [-0.39, 0.29) is 11.5 Å². The zero-order valence-corrected chi connectivity index (χ0v) is 23.0. The molecule has 2 aromatic heterocycles. The number of hydrogen-bond donors (Lipinski definition) is 2. The Hall–Kier alpha value is -3.23. The number of hydrogen-bond acceptors (Lipinski definition) is 7. The van der Waals surface area contributed by atoms with Crippen molar-refractivity contribution in [3.8, 4) is 0 Å². The molecule has 3 heterocycles. The molecule has 1 amide bonds. The number of amides is 1. The first-order valence-corrected chi connectivity index (χ1v) is 13.4. The molecule has 0 bridgehead atoms. The van der Waals surface area contributed by atoms with Gasteiger partial charge in [0.1, 0.15) is 17.3 Å². The number of carboxylic acid groups (broad SMARTS) is 1. The van der Waals surface area contributed by atoms with Gasteiger partial charge in [0.25, 0.3) is 5.91 Å². The van der Waals surface area contributed by atoms with E-state index in [9.17, 15) is 14.7 Å². The quantitative estimate of drug-likeness (QED) is 0.530. The number of carbonyl (C=O) groups is 2. The maximum atomic E-state index is 13.7. The molecule has 0 aromatic carbocycles. The van der Waals surface area contributed by atoms with Gasteiger partial charge in [0.2, 0.25) is 0 Å². The lowest BCUT2D eigenvalue weighted by Gasteiger charge is -2.47. The van der Waals surface area contributed by atoms with Gasteiger partial charge in [0.15, 0.2) is 0 Å². The topological polar surface area (TPSA) is 112 Å². The van der Waals surface area contributed by atoms with E-state index in [1.807, 2.05) is 24.8 Å². The Labute approximate surface area is 219 Å². The highest BCUT2D eigenvalue weighted by atomic mass is 16.4. The van der Waals surface area contributed by atoms with Crippen molar-refractivity contribution in [2.75, 3.05) is 36.4 Å². The van der Waals surface area contributed by atoms with Gasteiger partial charge < -0.3 is 20.2 Å². The fraction of sp³-hybridized carbons (Fsp3) is 0.607. The lowest BCUT2D eigenvalue weighted by Crippen LogP contribution is -2.61. The van der Waals surface area contributed by atoms with E-state index in [0.717, 1.165) is 43.1 Å². The summed E-state index contributed by atoms with van der Waals surface area (Å²) in [5.41, 5.74) is 2.28. The lowest BCUT2D eigenvalue weighted by molar-refractivity contribution is 0.0505. The minimum atomic E-state index is -0.965. The van der Waals surface area contributed by atoms with Gasteiger partial charge in [-0.25, -0.2) is 19.7 Å². The minimum absolute atomic E-state index is 0.104. The fourth-order valence-electron chi connectivity index (χ4n) is 5.25. The highest BCUT2D eigenvalue weighted by molar-refractivity contribution is 5.93. The Kier molecular flexibility index (Phi) is 7.71. The number of pyridine rings is 1. The monoisotopic (exact) mass is 508 g/mol. The molecule has 2 fully saturated rings. The summed E-state index contributed by atoms with van der Waals surface area (Å²) in [6.07, 6.45) is 6.02. The highest BCUT2D eigenvalue weighted by Crippen LogP contribution is 2.38. The molecular formula is C28H40N6O3. The maximum absolute atomic E-state index is 13.7. The van der Waals surface area contributed by atoms with Gasteiger partial charge in [-0.2, -0.15) is 0 Å². The van der Waals surface area contributed by atoms with Crippen LogP contribution in [-0.2, 0) is 0 Å². The van der Waals surface area contributed by atoms with Crippen molar-refractivity contribution in [1.82, 2.24) is 19.9 Å². The highest BCUT2D eigenvalue weighted by Gasteiger charge is 2.39. The van der Waals surface area contributed by atoms with Crippen molar-refractivity contribution in [2.24, 2.45) is 5.92 Å². The Morgan fingerprint density at radius 3 is 2.49 bits per heavy atom. The molecule has 2 aromatic rings. The third-order valence-electron chi connectivity index (χ3n) is 7.59. The molecule has 200 valence electrons. The summed E-state index contributed by atoms with van der Waals surface area (Å²) in [7, 11) is 0. The Morgan fingerprint density at radius 2 is 1.92 bits per heavy atom. The second-order valence-corrected chi connectivity index (χ2v) is 11.5. The smallest absolute Gasteiger partial charge is 0.337 e. The number of rotatable bonds is 8. The number of anilines is 2. The number of carbonyl (C=O) groups excluding carboxylic acids is 1. The van der Waals surface area contributed by atoms with Crippen LogP contribution in [0.5, 0.6) is 0 Å². The van der Waals surface area contributed by atoms with Crippen LogP contribution in [0.25, 0.3) is 0 Å². The molecule has 1 saturated carbocycles. The van der Waals surface area contributed by atoms with Crippen molar-refractivity contribution >= 4 is 23.5 Å². The third-order valence-corrected chi connectivity index (χ3v) is 7.59. The zero-order valence-electron chi connectivity index (χ0n) is 23.0. The number of aryl methyl sites for hydroxylation is 2. The van der Waals surface area contributed by atoms with Crippen LogP contribution in [0.4, 0.5) is 11.6 Å². The standard InChI is InChI=1S/C28H40N6O3/c1-17(2)10-11-29-25-24(20-8-7-9-20)32-21(15-30-25)26(35)34-13-12-33(16-28(34,5)6)22-14-18(3)23(27(36)37)19(4)31-22/h14-15,17,20H,7-13,16H2,1-6H3,(H,29,30)(H,36,37). The molecule has 0 atom stereocenters. The molecule has 9 nitrogen and oxygen atoms in total. The van der Waals surface area contributed by atoms with Gasteiger partial charge in [-0.3, -0.25) is 4.79 Å². The Bertz CT molecular complexity index is 1150. The van der Waals surface area contributed by atoms with Gasteiger partial charge >= 0.3 is 5.97 Å². The average molecular weight is 509 g/mol. The van der Waals surface area contributed by atoms with Crippen molar-refractivity contribution in [3.05, 3.63) is 40.5 Å². The number of aromatic carboxylic acids is 1. The molecule has 1 aliphatic carbocycles. The van der Waals surface area contributed by atoms with E-state index in [0.29, 0.717) is 48.4 Å². The average Bonchev–Trinajstić information content (AvgIpc) is 2.76. The largest absolute Gasteiger partial charge is 0.478 e. The van der Waals surface area contributed by atoms with Crippen molar-refractivity contribution in [1.29, 1.82) is 0 Å². The van der Waals surface area contributed by atoms with Crippen LogP contribution in [-0.4, -0.2) is 68.6 Å². The number of nitrogens with one attached hydrogen (secondary N) is 1. The molecule has 2 N–H and O–H groups in total. The van der Waals surface area contributed by atoms with Gasteiger partial charge in [-0.15, -0.1) is 0 Å². The van der Waals surface area contributed by atoms with Crippen LogP contribution in [0.2, 0.25) is 0 Å². The van der Waals surface area contributed by atoms with E-state index in [1.165, 1.54) is 6.42 Å². The van der Waals surface area contributed by atoms with Crippen molar-refractivity contribution < 1.29 is 14.7 Å². The summed E-state index contributed by atoms with van der Waals surface area (Å²) in [5, 5.41) is 12.9. The molecule has 1 saturated heterocycles. The fourth-order valence-corrected chi connectivity index (χ4v) is 5.25. The summed E-state index contributed by atoms with van der Waals surface area (Å²) in [6.45, 7) is 14.6. The van der Waals surface area contributed by atoms with Crippen LogP contribution in [0, 0.1) is 19.8 Å². The van der Waals surface area contributed by atoms with Gasteiger partial charge in [-0.05, 0) is 64.5 Å². The summed E-state index contributed by atoms with van der Waals surface area (Å²) < 4.78 is 0. The summed E-state index contributed by atoms with van der Waals surface area (Å²) >= 11 is 0. The maximum Gasteiger partial charge on any atom is 0.337 e. The SMILES string of the molecule is Cc1cc(N2CCN(C(=O)c3cnc(NCCC(C)C)c(C4CCC4)n3)C(C)(C)C2)nc(C)c1C(=O)O. The number of carboxylic acids is 1. The summed E-state index contributed by atoms with van der Waals surface area (Å²) in [5.74, 6) is 1.45. The number of nitrogens with zero attached hydrogens (tertiary/aromatic N) is 5. The minimum Gasteiger partial charge on any atom is -0.478 e. The predicted octanol–water partition coefficient (Wildman–Crippen LogP) is 4.65. The van der Waals surface area contributed by atoms with Gasteiger partial charge in [0.05, 0.1) is 28.7 Å². The second kappa shape index (κ2) is 10.6. The third kappa shape index (κ3) is 5.70. The van der Waals surface area contributed by atoms with Crippen LogP contribution >= 0.6 is 0 Å². The molecule has 2 aliphatic rings. The predicted molar refractivity (Wildman–Crippen MR) is 145 cm³/mol. The van der Waals surface area contributed by atoms with Crippen LogP contribution in [0.15, 0.2) is 12.3 Å². The molecule has 37 heavy (non-hydrogen) atoms. The van der Waals surface area contributed by atoms with Crippen LogP contribution in [0.3, 0.4) is 0 Å². The summed E-state index contributed by atoms with van der Waals surface area (Å²) in [6, 6.07) is 1.82. The van der Waals surface area contributed by atoms with Gasteiger partial charge in [0, 0.05) is 32.1 Å². The zero-order chi connectivity index (χ0) is 26.9. The van der Waals surface area contributed by atoms with Crippen LogP contribution < -0.4 is 10.2 Å². The first-order valence-electron chi connectivity index (χ1n) is 13.4. The molecule has 4 rings (SSSR count). The van der Waals surface area contributed by atoms with E-state index in [4.69, 9.17) is 4.98 Å². The molecule has 9 heteroatoms. The van der Waals surface area contributed by atoms with E-state index < -0.39 is 11.5 Å². The Morgan fingerprint density at radius 1 is 1.19 bits per heavy atom. The Balaban J connectivity index is 1.52. The molecular weight excluding hydrogens is 468 g/mol. The van der Waals surface area contributed by atoms with Gasteiger partial charge in [-0.1, -0.05) is 20.3 Å². The number of aromatic nitrogens is 3. The molecule has 0 spiro atoms. The van der Waals surface area contributed by atoms with Crippen molar-refractivity contribution in [3.63, 3.8) is 0 Å². The lowest BCUT2D eigenvalue weighted by atomic mass is 9.82. The van der Waals surface area contributed by atoms with E-state index in [1.54, 1.807) is 20.0 Å². The molecule has 1 aliphatic heterocycles. The molecule has 0 unspecified atom stereocenters. The first-order chi connectivity index (χ1) is 17.5. The van der Waals surface area contributed by atoms with Crippen molar-refractivity contribution in [2.45, 2.75) is 78.7 Å². The number of piperazine rings is 1. The first kappa shape index (κ1) is 26.8. The van der Waals surface area contributed by atoms with Crippen LogP contribution in [0.1, 0.15) is 97.1 Å². The van der Waals surface area contributed by atoms with E-state index in [2.05, 4.69) is 34.0 Å².